The molecule has 1 heterocycles. The first-order valence-electron chi connectivity index (χ1n) is 4.50. The summed E-state index contributed by atoms with van der Waals surface area (Å²) in [7, 11) is 0. The lowest BCUT2D eigenvalue weighted by molar-refractivity contribution is -0.0152. The third kappa shape index (κ3) is 1.82. The minimum absolute atomic E-state index is 0.488. The topological polar surface area (TPSA) is 102 Å². The van der Waals surface area contributed by atoms with Crippen LogP contribution in [-0.4, -0.2) is 43.4 Å². The molecule has 80 valence electrons. The molecule has 0 saturated carbocycles. The van der Waals surface area contributed by atoms with Gasteiger partial charge in [0.25, 0.3) is 0 Å². The normalized spacial score (nSPS) is 15.4. The van der Waals surface area contributed by atoms with Crippen LogP contribution >= 0.6 is 0 Å². The van der Waals surface area contributed by atoms with Gasteiger partial charge in [-0.05, 0) is 17.7 Å². The van der Waals surface area contributed by atoms with Gasteiger partial charge in [0.15, 0.2) is 0 Å². The maximum atomic E-state index is 9.62. The average Bonchev–Trinajstić information content (AvgIpc) is 2.73. The van der Waals surface area contributed by atoms with E-state index in [9.17, 15) is 10.2 Å². The molecule has 0 spiro atoms. The molecule has 2 aromatic rings. The number of fused-ring (bicyclic) bond motifs is 1. The van der Waals surface area contributed by atoms with Crippen LogP contribution in [0.4, 0.5) is 0 Å². The molecular weight excluding hydrogens is 198 g/mol. The van der Waals surface area contributed by atoms with Gasteiger partial charge in [-0.25, -0.2) is 0 Å². The summed E-state index contributed by atoms with van der Waals surface area (Å²) in [4.78, 5) is 0. The van der Waals surface area contributed by atoms with E-state index in [1.165, 1.54) is 0 Å². The van der Waals surface area contributed by atoms with Crippen LogP contribution in [0.3, 0.4) is 0 Å². The molecule has 6 nitrogen and oxygen atoms in total. The predicted molar refractivity (Wildman–Crippen MR) is 51.9 cm³/mol. The Hall–Kier alpha value is -1.50. The van der Waals surface area contributed by atoms with E-state index in [-0.39, 0.29) is 0 Å². The molecule has 2 atom stereocenters. The van der Waals surface area contributed by atoms with Crippen molar-refractivity contribution in [3.05, 3.63) is 23.8 Å². The van der Waals surface area contributed by atoms with E-state index in [1.807, 2.05) is 0 Å². The molecule has 6 heteroatoms. The number of nitrogens with zero attached hydrogens (tertiary/aromatic N) is 2. The number of nitrogens with one attached hydrogen (secondary N) is 1. The minimum Gasteiger partial charge on any atom is -0.394 e. The first-order chi connectivity index (χ1) is 7.22. The van der Waals surface area contributed by atoms with Crippen molar-refractivity contribution in [2.75, 3.05) is 6.61 Å². The third-order valence-corrected chi connectivity index (χ3v) is 2.23. The predicted octanol–water partition coefficient (Wildman–Crippen LogP) is -0.656. The highest BCUT2D eigenvalue weighted by atomic mass is 16.4. The lowest BCUT2D eigenvalue weighted by atomic mass is 10.0. The first kappa shape index (κ1) is 10.0. The van der Waals surface area contributed by atoms with Crippen LogP contribution in [0.15, 0.2) is 18.2 Å². The van der Waals surface area contributed by atoms with Gasteiger partial charge >= 0.3 is 0 Å². The van der Waals surface area contributed by atoms with Crippen molar-refractivity contribution in [2.45, 2.75) is 12.2 Å². The van der Waals surface area contributed by atoms with Gasteiger partial charge in [-0.1, -0.05) is 6.07 Å². The molecule has 1 aromatic carbocycles. The van der Waals surface area contributed by atoms with Crippen molar-refractivity contribution >= 4 is 11.0 Å². The number of aliphatic hydroxyl groups excluding tert-OH is 3. The number of hydrogen-bond acceptors (Lipinski definition) is 5. The van der Waals surface area contributed by atoms with Crippen LogP contribution in [0.25, 0.3) is 11.0 Å². The fourth-order valence-corrected chi connectivity index (χ4v) is 1.36. The van der Waals surface area contributed by atoms with Gasteiger partial charge in [0, 0.05) is 0 Å². The van der Waals surface area contributed by atoms with Crippen LogP contribution in [-0.2, 0) is 0 Å². The van der Waals surface area contributed by atoms with Gasteiger partial charge in [-0.15, -0.1) is 0 Å². The van der Waals surface area contributed by atoms with E-state index < -0.39 is 18.8 Å². The quantitative estimate of drug-likeness (QED) is 0.537. The van der Waals surface area contributed by atoms with E-state index in [0.717, 1.165) is 0 Å². The van der Waals surface area contributed by atoms with Crippen LogP contribution in [0.1, 0.15) is 11.7 Å². The summed E-state index contributed by atoms with van der Waals surface area (Å²) in [6.07, 6.45) is -2.30. The Bertz CT molecular complexity index is 457. The zero-order valence-corrected chi connectivity index (χ0v) is 7.83. The molecule has 4 N–H and O–H groups in total. The Morgan fingerprint density at radius 1 is 1.20 bits per heavy atom. The van der Waals surface area contributed by atoms with Gasteiger partial charge in [0.05, 0.1) is 6.61 Å². The first-order valence-corrected chi connectivity index (χ1v) is 4.50. The second-order valence-electron chi connectivity index (χ2n) is 3.27. The van der Waals surface area contributed by atoms with E-state index in [0.29, 0.717) is 16.6 Å². The summed E-state index contributed by atoms with van der Waals surface area (Å²) in [5.41, 5.74) is 1.79. The molecule has 0 bridgehead atoms. The van der Waals surface area contributed by atoms with Crippen molar-refractivity contribution < 1.29 is 15.3 Å². The average molecular weight is 209 g/mol. The number of aromatic amines is 1. The Labute approximate surface area is 85.2 Å². The van der Waals surface area contributed by atoms with Crippen molar-refractivity contribution in [3.8, 4) is 0 Å². The highest BCUT2D eigenvalue weighted by molar-refractivity contribution is 5.74. The summed E-state index contributed by atoms with van der Waals surface area (Å²) >= 11 is 0. The summed E-state index contributed by atoms with van der Waals surface area (Å²) in [6, 6.07) is 4.93. The second-order valence-corrected chi connectivity index (χ2v) is 3.27. The highest BCUT2D eigenvalue weighted by Gasteiger charge is 2.17. The number of aromatic nitrogens is 3. The lowest BCUT2D eigenvalue weighted by Gasteiger charge is -2.15. The van der Waals surface area contributed by atoms with E-state index in [4.69, 9.17) is 5.11 Å². The fourth-order valence-electron chi connectivity index (χ4n) is 1.36. The van der Waals surface area contributed by atoms with E-state index in [1.54, 1.807) is 18.2 Å². The number of hydrogen-bond donors (Lipinski definition) is 4. The van der Waals surface area contributed by atoms with Gasteiger partial charge in [0.1, 0.15) is 23.2 Å². The smallest absolute Gasteiger partial charge is 0.113 e. The maximum Gasteiger partial charge on any atom is 0.113 e. The number of benzene rings is 1. The highest BCUT2D eigenvalue weighted by Crippen LogP contribution is 2.19. The number of aliphatic hydroxyl groups is 3. The number of rotatable bonds is 3. The molecule has 15 heavy (non-hydrogen) atoms. The molecule has 0 fully saturated rings. The molecule has 0 radical (unpaired) electrons. The van der Waals surface area contributed by atoms with Crippen molar-refractivity contribution in [1.29, 1.82) is 0 Å². The SMILES string of the molecule is OCC(O)C(O)c1ccc2n[nH]nc2c1. The molecule has 2 rings (SSSR count). The van der Waals surface area contributed by atoms with Gasteiger partial charge in [-0.3, -0.25) is 0 Å². The van der Waals surface area contributed by atoms with Crippen LogP contribution in [0.5, 0.6) is 0 Å². The summed E-state index contributed by atoms with van der Waals surface area (Å²) < 4.78 is 0. The Balaban J connectivity index is 2.35. The maximum absolute atomic E-state index is 9.62. The van der Waals surface area contributed by atoms with E-state index >= 15 is 0 Å². The van der Waals surface area contributed by atoms with Crippen molar-refractivity contribution in [3.63, 3.8) is 0 Å². The van der Waals surface area contributed by atoms with Crippen LogP contribution < -0.4 is 0 Å². The third-order valence-electron chi connectivity index (χ3n) is 2.23. The zero-order valence-electron chi connectivity index (χ0n) is 7.83. The Morgan fingerprint density at radius 2 is 1.93 bits per heavy atom. The summed E-state index contributed by atoms with van der Waals surface area (Å²) in [5.74, 6) is 0. The molecule has 0 aliphatic carbocycles. The van der Waals surface area contributed by atoms with Crippen LogP contribution in [0.2, 0.25) is 0 Å². The molecule has 0 aliphatic rings. The minimum atomic E-state index is -1.19. The molecule has 0 aliphatic heterocycles. The van der Waals surface area contributed by atoms with Crippen molar-refractivity contribution in [2.24, 2.45) is 0 Å². The molecule has 2 unspecified atom stereocenters. The van der Waals surface area contributed by atoms with E-state index in [2.05, 4.69) is 15.4 Å². The second kappa shape index (κ2) is 3.93. The Kier molecular flexibility index (Phi) is 2.63. The van der Waals surface area contributed by atoms with Gasteiger partial charge < -0.3 is 15.3 Å². The molecule has 0 amide bonds. The molecule has 0 saturated heterocycles. The monoisotopic (exact) mass is 209 g/mol. The van der Waals surface area contributed by atoms with Crippen molar-refractivity contribution in [1.82, 2.24) is 15.4 Å². The molecule has 1 aromatic heterocycles. The fraction of sp³-hybridized carbons (Fsp3) is 0.333. The summed E-state index contributed by atoms with van der Waals surface area (Å²) in [5, 5.41) is 37.7. The lowest BCUT2D eigenvalue weighted by Crippen LogP contribution is -2.21. The molecular formula is C9H11N3O3. The zero-order chi connectivity index (χ0) is 10.8. The largest absolute Gasteiger partial charge is 0.394 e. The van der Waals surface area contributed by atoms with Gasteiger partial charge in [-0.2, -0.15) is 15.4 Å². The van der Waals surface area contributed by atoms with Gasteiger partial charge in [0.2, 0.25) is 0 Å². The van der Waals surface area contributed by atoms with Crippen LogP contribution in [0, 0.1) is 0 Å². The standard InChI is InChI=1S/C9H11N3O3/c13-4-8(14)9(15)5-1-2-6-7(3-5)11-12-10-6/h1-3,8-9,13-15H,4H2,(H,10,11,12). The Morgan fingerprint density at radius 3 is 2.67 bits per heavy atom. The summed E-state index contributed by atoms with van der Waals surface area (Å²) in [6.45, 7) is -0.488. The number of H-pyrrole nitrogens is 1.